The van der Waals surface area contributed by atoms with Crippen molar-refractivity contribution in [3.8, 4) is 11.5 Å². The minimum absolute atomic E-state index is 0.0720. The molecule has 0 spiro atoms. The first-order chi connectivity index (χ1) is 17.8. The van der Waals surface area contributed by atoms with Crippen molar-refractivity contribution in [1.29, 1.82) is 0 Å². The van der Waals surface area contributed by atoms with Crippen LogP contribution >= 0.6 is 11.6 Å². The van der Waals surface area contributed by atoms with Crippen LogP contribution in [0.1, 0.15) is 42.5 Å². The van der Waals surface area contributed by atoms with Crippen LogP contribution in [0, 0.1) is 0 Å². The van der Waals surface area contributed by atoms with E-state index in [2.05, 4.69) is 23.5 Å². The summed E-state index contributed by atoms with van der Waals surface area (Å²) in [5.74, 6) is 0.424. The molecule has 9 heteroatoms. The zero-order valence-electron chi connectivity index (χ0n) is 20.7. The lowest BCUT2D eigenvalue weighted by atomic mass is 9.89. The van der Waals surface area contributed by atoms with Crippen molar-refractivity contribution < 1.29 is 22.7 Å². The minimum atomic E-state index is -4.02. The van der Waals surface area contributed by atoms with Crippen LogP contribution in [0.4, 0.5) is 5.69 Å². The lowest BCUT2D eigenvalue weighted by Gasteiger charge is -2.35. The third-order valence-electron chi connectivity index (χ3n) is 6.96. The molecule has 0 saturated carbocycles. The third-order valence-corrected chi connectivity index (χ3v) is 8.99. The van der Waals surface area contributed by atoms with E-state index in [-0.39, 0.29) is 34.8 Å². The number of aryl methyl sites for hydroxylation is 2. The third kappa shape index (κ3) is 5.13. The predicted octanol–water partition coefficient (Wildman–Crippen LogP) is 5.06. The topological polar surface area (TPSA) is 84.9 Å². The fraction of sp³-hybridized carbons (Fsp3) is 0.321. The van der Waals surface area contributed by atoms with Crippen LogP contribution in [-0.2, 0) is 27.7 Å². The molecule has 0 radical (unpaired) electrons. The molecule has 3 aromatic rings. The number of anilines is 1. The average molecular weight is 541 g/mol. The van der Waals surface area contributed by atoms with Crippen molar-refractivity contribution in [3.05, 3.63) is 82.4 Å². The number of methoxy groups -OCH3 is 1. The molecule has 5 rings (SSSR count). The summed E-state index contributed by atoms with van der Waals surface area (Å²) >= 11 is 6.19. The normalized spacial score (nSPS) is 17.7. The van der Waals surface area contributed by atoms with E-state index in [4.69, 9.17) is 21.1 Å². The first-order valence-corrected chi connectivity index (χ1v) is 14.1. The number of rotatable bonds is 6. The highest BCUT2D eigenvalue weighted by atomic mass is 35.5. The molecule has 7 nitrogen and oxygen atoms in total. The first-order valence-electron chi connectivity index (χ1n) is 12.3. The van der Waals surface area contributed by atoms with Gasteiger partial charge in [-0.25, -0.2) is 8.42 Å². The highest BCUT2D eigenvalue weighted by Gasteiger charge is 2.38. The summed E-state index contributed by atoms with van der Waals surface area (Å²) in [6, 6.07) is 16.9. The van der Waals surface area contributed by atoms with E-state index < -0.39 is 16.1 Å². The highest BCUT2D eigenvalue weighted by Crippen LogP contribution is 2.39. The number of hydrogen-bond donors (Lipinski definition) is 1. The Bertz CT molecular complexity index is 1420. The van der Waals surface area contributed by atoms with Crippen molar-refractivity contribution in [2.45, 2.75) is 49.6 Å². The molecule has 0 fully saturated rings. The Hall–Kier alpha value is -3.23. The standard InChI is InChI=1S/C28H29ClN2O5S/c1-18(20-8-7-19-5-3-4-6-21(19)15-20)30-28(32)27-17-31(25-16-22(29)9-14-26(25)36-27)37(33,34)24-12-10-23(35-2)11-13-24/h7-16,18,27H,3-6,17H2,1-2H3,(H,30,32)/t18-,27+/m0/s1. The summed E-state index contributed by atoms with van der Waals surface area (Å²) in [5, 5.41) is 3.38. The Morgan fingerprint density at radius 1 is 1.05 bits per heavy atom. The molecule has 0 unspecified atom stereocenters. The fourth-order valence-electron chi connectivity index (χ4n) is 4.88. The molecular weight excluding hydrogens is 512 g/mol. The van der Waals surface area contributed by atoms with E-state index in [1.165, 1.54) is 53.6 Å². The van der Waals surface area contributed by atoms with Gasteiger partial charge in [-0.15, -0.1) is 0 Å². The van der Waals surface area contributed by atoms with Gasteiger partial charge in [-0.3, -0.25) is 9.10 Å². The molecule has 1 heterocycles. The SMILES string of the molecule is COc1ccc(S(=O)(=O)N2C[C@H](C(=O)N[C@@H](C)c3ccc4c(c3)CCCC4)Oc3ccc(Cl)cc32)cc1. The number of amides is 1. The van der Waals surface area contributed by atoms with Gasteiger partial charge in [-0.1, -0.05) is 29.8 Å². The Labute approximate surface area is 222 Å². The van der Waals surface area contributed by atoms with Crippen LogP contribution in [0.2, 0.25) is 5.02 Å². The Morgan fingerprint density at radius 3 is 2.51 bits per heavy atom. The van der Waals surface area contributed by atoms with Gasteiger partial charge in [0.05, 0.1) is 30.3 Å². The predicted molar refractivity (Wildman–Crippen MR) is 143 cm³/mol. The molecular formula is C28H29ClN2O5S. The lowest BCUT2D eigenvalue weighted by molar-refractivity contribution is -0.128. The molecule has 0 aromatic heterocycles. The summed E-state index contributed by atoms with van der Waals surface area (Å²) in [5.41, 5.74) is 4.01. The summed E-state index contributed by atoms with van der Waals surface area (Å²) in [6.07, 6.45) is 3.48. The average Bonchev–Trinajstić information content (AvgIpc) is 2.92. The van der Waals surface area contributed by atoms with Crippen LogP contribution in [0.3, 0.4) is 0 Å². The van der Waals surface area contributed by atoms with Crippen molar-refractivity contribution in [2.24, 2.45) is 0 Å². The fourth-order valence-corrected chi connectivity index (χ4v) is 6.51. The van der Waals surface area contributed by atoms with Crippen molar-refractivity contribution in [1.82, 2.24) is 5.32 Å². The number of carbonyl (C=O) groups excluding carboxylic acids is 1. The zero-order valence-corrected chi connectivity index (χ0v) is 22.3. The molecule has 194 valence electrons. The van der Waals surface area contributed by atoms with Crippen LogP contribution in [0.15, 0.2) is 65.6 Å². The van der Waals surface area contributed by atoms with Crippen molar-refractivity contribution in [3.63, 3.8) is 0 Å². The van der Waals surface area contributed by atoms with Crippen LogP contribution in [0.5, 0.6) is 11.5 Å². The molecule has 1 N–H and O–H groups in total. The van der Waals surface area contributed by atoms with Gasteiger partial charge in [0.15, 0.2) is 6.10 Å². The smallest absolute Gasteiger partial charge is 0.264 e. The first kappa shape index (κ1) is 25.4. The molecule has 2 aliphatic rings. The molecule has 0 bridgehead atoms. The second-order valence-electron chi connectivity index (χ2n) is 9.40. The highest BCUT2D eigenvalue weighted by molar-refractivity contribution is 7.92. The number of nitrogens with zero attached hydrogens (tertiary/aromatic N) is 1. The molecule has 3 aromatic carbocycles. The van der Waals surface area contributed by atoms with E-state index in [1.54, 1.807) is 24.3 Å². The van der Waals surface area contributed by atoms with E-state index in [9.17, 15) is 13.2 Å². The summed E-state index contributed by atoms with van der Waals surface area (Å²) in [4.78, 5) is 13.4. The molecule has 1 aliphatic carbocycles. The Morgan fingerprint density at radius 2 is 1.78 bits per heavy atom. The number of sulfonamides is 1. The van der Waals surface area contributed by atoms with E-state index >= 15 is 0 Å². The molecule has 0 saturated heterocycles. The van der Waals surface area contributed by atoms with E-state index in [1.807, 2.05) is 6.92 Å². The van der Waals surface area contributed by atoms with Crippen molar-refractivity contribution in [2.75, 3.05) is 18.0 Å². The van der Waals surface area contributed by atoms with Gasteiger partial charge in [-0.05, 0) is 91.8 Å². The quantitative estimate of drug-likeness (QED) is 0.472. The number of ether oxygens (including phenoxy) is 2. The maximum atomic E-state index is 13.7. The second kappa shape index (κ2) is 10.3. The van der Waals surface area contributed by atoms with Crippen LogP contribution in [-0.4, -0.2) is 34.1 Å². The summed E-state index contributed by atoms with van der Waals surface area (Å²) in [7, 11) is -2.50. The van der Waals surface area contributed by atoms with Gasteiger partial charge in [0.25, 0.3) is 15.9 Å². The van der Waals surface area contributed by atoms with Crippen LogP contribution < -0.4 is 19.1 Å². The Balaban J connectivity index is 1.40. The van der Waals surface area contributed by atoms with E-state index in [0.717, 1.165) is 18.4 Å². The summed E-state index contributed by atoms with van der Waals surface area (Å²) in [6.45, 7) is 1.73. The van der Waals surface area contributed by atoms with Crippen LogP contribution in [0.25, 0.3) is 0 Å². The van der Waals surface area contributed by atoms with Gasteiger partial charge in [0.1, 0.15) is 11.5 Å². The number of benzene rings is 3. The van der Waals surface area contributed by atoms with Gasteiger partial charge in [0, 0.05) is 5.02 Å². The van der Waals surface area contributed by atoms with Gasteiger partial charge in [-0.2, -0.15) is 0 Å². The largest absolute Gasteiger partial charge is 0.497 e. The number of hydrogen-bond acceptors (Lipinski definition) is 5. The van der Waals surface area contributed by atoms with Gasteiger partial charge in [0.2, 0.25) is 0 Å². The Kier molecular flexibility index (Phi) is 7.05. The molecule has 1 aliphatic heterocycles. The monoisotopic (exact) mass is 540 g/mol. The van der Waals surface area contributed by atoms with Gasteiger partial charge < -0.3 is 14.8 Å². The number of halogens is 1. The van der Waals surface area contributed by atoms with Crippen molar-refractivity contribution >= 4 is 33.2 Å². The molecule has 1 amide bonds. The number of nitrogens with one attached hydrogen (secondary N) is 1. The maximum Gasteiger partial charge on any atom is 0.264 e. The lowest BCUT2D eigenvalue weighted by Crippen LogP contribution is -2.51. The van der Waals surface area contributed by atoms with E-state index in [0.29, 0.717) is 10.8 Å². The number of fused-ring (bicyclic) bond motifs is 2. The molecule has 37 heavy (non-hydrogen) atoms. The molecule has 2 atom stereocenters. The zero-order chi connectivity index (χ0) is 26.2. The minimum Gasteiger partial charge on any atom is -0.497 e. The summed E-state index contributed by atoms with van der Waals surface area (Å²) < 4.78 is 39.6. The number of carbonyl (C=O) groups is 1. The second-order valence-corrected chi connectivity index (χ2v) is 11.7. The maximum absolute atomic E-state index is 13.7. The van der Waals surface area contributed by atoms with Gasteiger partial charge >= 0.3 is 0 Å².